The first kappa shape index (κ1) is 40.2. The van der Waals surface area contributed by atoms with E-state index in [1.165, 1.54) is 6.33 Å². The highest BCUT2D eigenvalue weighted by Gasteiger charge is 2.51. The standard InChI is InChI=1S/C44H49N5O6SSi/c1-43(2,3)57(6,7)55-38-37(50)35(56-42(38)49-28-47-36-39(45-27-46-40(36)49)48-41(51)29-14-10-8-11-15-29)26-54-44(30-16-12-9-13-17-30,31-18-22-33(52-4)23-19-31)32-20-24-34(53-5)25-21-32/h8-25,27-28,35,37-38,42,50H,26H2,1-7H3,(H,45,46,48,51)/t35-,37+,38-,42-/m1/s1. The Labute approximate surface area is 338 Å². The van der Waals surface area contributed by atoms with Crippen LogP contribution in [-0.2, 0) is 14.8 Å². The predicted molar refractivity (Wildman–Crippen MR) is 226 cm³/mol. The third kappa shape index (κ3) is 7.95. The van der Waals surface area contributed by atoms with Gasteiger partial charge in [-0.1, -0.05) is 93.6 Å². The van der Waals surface area contributed by atoms with Crippen molar-refractivity contribution in [2.24, 2.45) is 0 Å². The molecule has 2 N–H and O–H groups in total. The summed E-state index contributed by atoms with van der Waals surface area (Å²) in [5, 5.41) is 14.3. The van der Waals surface area contributed by atoms with Crippen LogP contribution in [0.15, 0.2) is 122 Å². The maximum absolute atomic E-state index is 13.1. The van der Waals surface area contributed by atoms with Crippen LogP contribution in [0.4, 0.5) is 5.82 Å². The third-order valence-electron chi connectivity index (χ3n) is 11.1. The number of rotatable bonds is 13. The number of benzene rings is 4. The molecule has 1 fully saturated rings. The van der Waals surface area contributed by atoms with Crippen molar-refractivity contribution < 1.29 is 28.5 Å². The van der Waals surface area contributed by atoms with Crippen molar-refractivity contribution in [1.29, 1.82) is 0 Å². The quantitative estimate of drug-likeness (QED) is 0.0867. The fourth-order valence-corrected chi connectivity index (χ4v) is 9.78. The first-order chi connectivity index (χ1) is 27.4. The minimum Gasteiger partial charge on any atom is -0.497 e. The van der Waals surface area contributed by atoms with Gasteiger partial charge in [0.05, 0.1) is 38.5 Å². The molecule has 57 heavy (non-hydrogen) atoms. The number of imidazole rings is 1. The molecular formula is C44H49N5O6SSi. The number of anilines is 1. The van der Waals surface area contributed by atoms with Gasteiger partial charge in [0.15, 0.2) is 25.3 Å². The normalized spacial score (nSPS) is 18.7. The molecule has 0 aliphatic carbocycles. The lowest BCUT2D eigenvalue weighted by Gasteiger charge is -2.40. The van der Waals surface area contributed by atoms with Crippen molar-refractivity contribution >= 4 is 43.0 Å². The van der Waals surface area contributed by atoms with E-state index in [1.54, 1.807) is 44.4 Å². The number of methoxy groups -OCH3 is 2. The van der Waals surface area contributed by atoms with E-state index in [1.807, 2.05) is 89.5 Å². The average Bonchev–Trinajstić information content (AvgIpc) is 3.79. The van der Waals surface area contributed by atoms with Crippen LogP contribution in [-0.4, -0.2) is 77.1 Å². The second-order valence-corrected chi connectivity index (χ2v) is 21.7. The maximum atomic E-state index is 13.1. The largest absolute Gasteiger partial charge is 0.497 e. The molecule has 1 amide bonds. The Morgan fingerprint density at radius 1 is 0.807 bits per heavy atom. The van der Waals surface area contributed by atoms with E-state index in [0.29, 0.717) is 22.5 Å². The number of aromatic nitrogens is 4. The van der Waals surface area contributed by atoms with Gasteiger partial charge in [-0.3, -0.25) is 9.36 Å². The molecule has 3 heterocycles. The van der Waals surface area contributed by atoms with Crippen molar-refractivity contribution in [2.75, 3.05) is 26.1 Å². The lowest BCUT2D eigenvalue weighted by Crippen LogP contribution is -2.49. The Balaban J connectivity index is 1.28. The number of nitrogens with one attached hydrogen (secondary N) is 1. The fourth-order valence-electron chi connectivity index (χ4n) is 6.90. The van der Waals surface area contributed by atoms with E-state index in [2.05, 4.69) is 61.3 Å². The minimum atomic E-state index is -2.43. The van der Waals surface area contributed by atoms with E-state index in [0.717, 1.165) is 28.2 Å². The number of carbonyl (C=O) groups is 1. The fraction of sp³-hybridized carbons (Fsp3) is 0.318. The zero-order chi connectivity index (χ0) is 40.4. The van der Waals surface area contributed by atoms with Crippen molar-refractivity contribution in [2.45, 2.75) is 67.3 Å². The van der Waals surface area contributed by atoms with Crippen LogP contribution < -0.4 is 14.8 Å². The van der Waals surface area contributed by atoms with Gasteiger partial charge in [0.25, 0.3) is 5.91 Å². The molecule has 296 valence electrons. The van der Waals surface area contributed by atoms with Gasteiger partial charge in [-0.05, 0) is 71.2 Å². The molecule has 0 saturated carbocycles. The van der Waals surface area contributed by atoms with Crippen LogP contribution in [0.2, 0.25) is 18.1 Å². The van der Waals surface area contributed by atoms with Crippen LogP contribution in [0.5, 0.6) is 11.5 Å². The molecule has 13 heteroatoms. The van der Waals surface area contributed by atoms with E-state index in [-0.39, 0.29) is 17.6 Å². The number of aliphatic hydroxyl groups is 1. The molecule has 0 spiro atoms. The topological polar surface area (TPSA) is 130 Å². The summed E-state index contributed by atoms with van der Waals surface area (Å²) in [7, 11) is 0.863. The summed E-state index contributed by atoms with van der Waals surface area (Å²) in [5.74, 6) is 1.45. The molecule has 4 atom stereocenters. The number of thioether (sulfide) groups is 1. The Kier molecular flexibility index (Phi) is 11.6. The zero-order valence-corrected chi connectivity index (χ0v) is 35.1. The number of aliphatic hydroxyl groups excluding tert-OH is 1. The second kappa shape index (κ2) is 16.4. The summed E-state index contributed by atoms with van der Waals surface area (Å²) in [6, 6.07) is 34.9. The van der Waals surface area contributed by atoms with Gasteiger partial charge in [-0.2, -0.15) is 0 Å². The first-order valence-corrected chi connectivity index (χ1v) is 22.7. The summed E-state index contributed by atoms with van der Waals surface area (Å²) in [6.45, 7) is 11.1. The van der Waals surface area contributed by atoms with Crippen LogP contribution in [0.1, 0.15) is 53.2 Å². The van der Waals surface area contributed by atoms with E-state index >= 15 is 0 Å². The summed E-state index contributed by atoms with van der Waals surface area (Å²) >= 11 is 1.56. The van der Waals surface area contributed by atoms with Gasteiger partial charge in [-0.15, -0.1) is 11.8 Å². The summed E-state index contributed by atoms with van der Waals surface area (Å²) in [4.78, 5) is 26.9. The molecule has 11 nitrogen and oxygen atoms in total. The molecule has 6 aromatic rings. The molecule has 0 radical (unpaired) electrons. The number of hydrogen-bond acceptors (Lipinski definition) is 10. The van der Waals surface area contributed by atoms with E-state index < -0.39 is 36.8 Å². The van der Waals surface area contributed by atoms with Gasteiger partial charge >= 0.3 is 0 Å². The van der Waals surface area contributed by atoms with Gasteiger partial charge in [0.2, 0.25) is 0 Å². The number of amides is 1. The monoisotopic (exact) mass is 803 g/mol. The Hall–Kier alpha value is -5.05. The zero-order valence-electron chi connectivity index (χ0n) is 33.2. The highest BCUT2D eigenvalue weighted by molar-refractivity contribution is 8.00. The number of nitrogens with zero attached hydrogens (tertiary/aromatic N) is 4. The molecule has 1 aliphatic rings. The average molecular weight is 804 g/mol. The molecule has 7 rings (SSSR count). The van der Waals surface area contributed by atoms with Crippen LogP contribution in [0.25, 0.3) is 11.2 Å². The predicted octanol–water partition coefficient (Wildman–Crippen LogP) is 8.47. The maximum Gasteiger partial charge on any atom is 0.256 e. The number of ether oxygens (including phenoxy) is 3. The SMILES string of the molecule is COc1ccc(C(OC[C@H]2S[C@@H](n3cnc4c(NC(=O)c5ccccc5)ncnc43)[C@H](O[Si](C)(C)C(C)(C)C)[C@H]2O)(c2ccccc2)c2ccc(OC)cc2)cc1. The van der Waals surface area contributed by atoms with Gasteiger partial charge < -0.3 is 29.1 Å². The highest BCUT2D eigenvalue weighted by Crippen LogP contribution is 2.50. The molecular weight excluding hydrogens is 755 g/mol. The molecule has 1 saturated heterocycles. The first-order valence-electron chi connectivity index (χ1n) is 18.9. The van der Waals surface area contributed by atoms with Gasteiger partial charge in [0, 0.05) is 5.56 Å². The lowest BCUT2D eigenvalue weighted by molar-refractivity contribution is -0.0235. The van der Waals surface area contributed by atoms with Crippen molar-refractivity contribution in [3.8, 4) is 11.5 Å². The van der Waals surface area contributed by atoms with Gasteiger partial charge in [0.1, 0.15) is 34.9 Å². The second-order valence-electron chi connectivity index (χ2n) is 15.6. The molecule has 1 aliphatic heterocycles. The molecule has 4 aromatic carbocycles. The van der Waals surface area contributed by atoms with Gasteiger partial charge in [-0.25, -0.2) is 15.0 Å². The lowest BCUT2D eigenvalue weighted by atomic mass is 9.80. The van der Waals surface area contributed by atoms with E-state index in [9.17, 15) is 9.90 Å². The molecule has 0 unspecified atom stereocenters. The smallest absolute Gasteiger partial charge is 0.256 e. The Morgan fingerprint density at radius 3 is 1.93 bits per heavy atom. The Bertz CT molecular complexity index is 2240. The van der Waals surface area contributed by atoms with E-state index in [4.69, 9.17) is 23.6 Å². The summed E-state index contributed by atoms with van der Waals surface area (Å²) in [5.41, 5.74) is 3.08. The van der Waals surface area contributed by atoms with Crippen molar-refractivity contribution in [3.05, 3.63) is 144 Å². The Morgan fingerprint density at radius 2 is 1.37 bits per heavy atom. The van der Waals surface area contributed by atoms with Crippen molar-refractivity contribution in [1.82, 2.24) is 19.5 Å². The number of hydrogen-bond donors (Lipinski definition) is 2. The third-order valence-corrected chi connectivity index (χ3v) is 17.1. The van der Waals surface area contributed by atoms with Crippen LogP contribution in [0, 0.1) is 0 Å². The summed E-state index contributed by atoms with van der Waals surface area (Å²) in [6.07, 6.45) is 1.55. The number of carbonyl (C=O) groups excluding carboxylic acids is 1. The van der Waals surface area contributed by atoms with Crippen LogP contribution in [0.3, 0.4) is 0 Å². The number of fused-ring (bicyclic) bond motifs is 1. The molecule has 2 aromatic heterocycles. The van der Waals surface area contributed by atoms with Crippen molar-refractivity contribution in [3.63, 3.8) is 0 Å². The highest BCUT2D eigenvalue weighted by atomic mass is 32.2. The van der Waals surface area contributed by atoms with Crippen LogP contribution >= 0.6 is 11.8 Å². The summed E-state index contributed by atoms with van der Waals surface area (Å²) < 4.78 is 27.4. The molecule has 0 bridgehead atoms. The minimum absolute atomic E-state index is 0.129.